The van der Waals surface area contributed by atoms with Crippen molar-refractivity contribution in [1.82, 2.24) is 25.5 Å². The van der Waals surface area contributed by atoms with E-state index in [1.807, 2.05) is 0 Å². The molecule has 1 aliphatic rings. The highest BCUT2D eigenvalue weighted by Crippen LogP contribution is 2.13. The van der Waals surface area contributed by atoms with Crippen molar-refractivity contribution in [2.24, 2.45) is 13.0 Å². The van der Waals surface area contributed by atoms with Gasteiger partial charge in [-0.15, -0.1) is 5.10 Å². The molecule has 0 aromatic carbocycles. The minimum absolute atomic E-state index is 0.0424. The van der Waals surface area contributed by atoms with E-state index in [9.17, 15) is 9.59 Å². The van der Waals surface area contributed by atoms with Gasteiger partial charge >= 0.3 is 12.0 Å². The van der Waals surface area contributed by atoms with Crippen LogP contribution in [0, 0.1) is 5.92 Å². The smallest absolute Gasteiger partial charge is 0.322 e. The van der Waals surface area contributed by atoms with Crippen LogP contribution < -0.4 is 10.6 Å². The topological polar surface area (TPSA) is 131 Å². The number of rotatable bonds is 3. The molecular weight excluding hydrogens is 244 g/mol. The molecule has 2 amide bonds. The van der Waals surface area contributed by atoms with Crippen LogP contribution in [0.2, 0.25) is 0 Å². The van der Waals surface area contributed by atoms with Crippen molar-refractivity contribution in [3.05, 3.63) is 0 Å². The molecule has 18 heavy (non-hydrogen) atoms. The van der Waals surface area contributed by atoms with Crippen LogP contribution in [0.25, 0.3) is 0 Å². The van der Waals surface area contributed by atoms with Crippen LogP contribution in [0.5, 0.6) is 0 Å². The van der Waals surface area contributed by atoms with Crippen LogP contribution >= 0.6 is 0 Å². The number of ether oxygens (including phenoxy) is 1. The fourth-order valence-electron chi connectivity index (χ4n) is 1.58. The molecule has 1 aliphatic heterocycles. The summed E-state index contributed by atoms with van der Waals surface area (Å²) in [6.07, 6.45) is 0. The van der Waals surface area contributed by atoms with Crippen molar-refractivity contribution < 1.29 is 19.4 Å². The number of urea groups is 1. The number of carboxylic acids is 1. The molecule has 0 aliphatic carbocycles. The van der Waals surface area contributed by atoms with Crippen LogP contribution in [0.4, 0.5) is 10.7 Å². The lowest BCUT2D eigenvalue weighted by Crippen LogP contribution is -2.44. The summed E-state index contributed by atoms with van der Waals surface area (Å²) in [6, 6.07) is -1.16. The Hall–Kier alpha value is -2.23. The van der Waals surface area contributed by atoms with Gasteiger partial charge in [-0.25, -0.2) is 4.79 Å². The fraction of sp³-hybridized carbons (Fsp3) is 0.625. The maximum Gasteiger partial charge on any atom is 0.322 e. The van der Waals surface area contributed by atoms with Crippen LogP contribution in [-0.2, 0) is 16.6 Å². The molecule has 0 spiro atoms. The van der Waals surface area contributed by atoms with E-state index >= 15 is 0 Å². The average molecular weight is 256 g/mol. The molecular formula is C8H12N6O4. The van der Waals surface area contributed by atoms with E-state index in [1.54, 1.807) is 7.05 Å². The summed E-state index contributed by atoms with van der Waals surface area (Å²) in [4.78, 5) is 23.6. The summed E-state index contributed by atoms with van der Waals surface area (Å²) < 4.78 is 5.02. The second-order valence-corrected chi connectivity index (χ2v) is 3.79. The van der Waals surface area contributed by atoms with Gasteiger partial charge in [-0.3, -0.25) is 10.1 Å². The highest BCUT2D eigenvalue weighted by atomic mass is 16.5. The van der Waals surface area contributed by atoms with E-state index in [1.165, 1.54) is 4.80 Å². The van der Waals surface area contributed by atoms with Crippen molar-refractivity contribution >= 4 is 17.9 Å². The summed E-state index contributed by atoms with van der Waals surface area (Å²) in [5.74, 6) is -1.71. The summed E-state index contributed by atoms with van der Waals surface area (Å²) in [7, 11) is 1.56. The molecule has 2 rings (SSSR count). The number of aromatic nitrogens is 4. The molecule has 1 fully saturated rings. The Bertz CT molecular complexity index is 460. The first-order chi connectivity index (χ1) is 8.56. The van der Waals surface area contributed by atoms with Gasteiger partial charge in [0.15, 0.2) is 0 Å². The van der Waals surface area contributed by atoms with Gasteiger partial charge in [-0.2, -0.15) is 4.80 Å². The van der Waals surface area contributed by atoms with Crippen LogP contribution in [0.15, 0.2) is 0 Å². The lowest BCUT2D eigenvalue weighted by molar-refractivity contribution is -0.142. The number of carbonyl (C=O) groups is 2. The minimum atomic E-state index is -1.00. The first kappa shape index (κ1) is 12.2. The number of hydrogen-bond donors (Lipinski definition) is 3. The molecule has 2 atom stereocenters. The summed E-state index contributed by atoms with van der Waals surface area (Å²) in [6.45, 7) is 0.252. The van der Waals surface area contributed by atoms with E-state index in [-0.39, 0.29) is 19.2 Å². The molecule has 2 unspecified atom stereocenters. The summed E-state index contributed by atoms with van der Waals surface area (Å²) >= 11 is 0. The maximum absolute atomic E-state index is 11.6. The number of carbonyl (C=O) groups excluding carboxylic acids is 1. The van der Waals surface area contributed by atoms with Gasteiger partial charge in [0.1, 0.15) is 5.92 Å². The van der Waals surface area contributed by atoms with Crippen LogP contribution in [0.1, 0.15) is 0 Å². The zero-order valence-corrected chi connectivity index (χ0v) is 9.53. The van der Waals surface area contributed by atoms with E-state index in [0.717, 1.165) is 0 Å². The van der Waals surface area contributed by atoms with Gasteiger partial charge in [0.05, 0.1) is 26.3 Å². The predicted molar refractivity (Wildman–Crippen MR) is 56.7 cm³/mol. The van der Waals surface area contributed by atoms with Gasteiger partial charge < -0.3 is 15.2 Å². The SMILES string of the molecule is Cn1nnc(NC(=O)NC2COCC2C(=O)O)n1. The molecule has 10 nitrogen and oxygen atoms in total. The van der Waals surface area contributed by atoms with Crippen molar-refractivity contribution in [1.29, 1.82) is 0 Å². The van der Waals surface area contributed by atoms with E-state index < -0.39 is 24.0 Å². The highest BCUT2D eigenvalue weighted by Gasteiger charge is 2.35. The Morgan fingerprint density at radius 3 is 2.89 bits per heavy atom. The Labute approximate surface area is 101 Å². The third-order valence-electron chi connectivity index (χ3n) is 2.45. The summed E-state index contributed by atoms with van der Waals surface area (Å²) in [5.41, 5.74) is 0. The maximum atomic E-state index is 11.6. The van der Waals surface area contributed by atoms with Gasteiger partial charge in [0.2, 0.25) is 0 Å². The third-order valence-corrected chi connectivity index (χ3v) is 2.45. The predicted octanol–water partition coefficient (Wildman–Crippen LogP) is -1.57. The molecule has 2 heterocycles. The number of anilines is 1. The lowest BCUT2D eigenvalue weighted by atomic mass is 10.0. The van der Waals surface area contributed by atoms with Crippen molar-refractivity contribution in [2.75, 3.05) is 18.5 Å². The number of nitrogens with one attached hydrogen (secondary N) is 2. The van der Waals surface area contributed by atoms with Crippen LogP contribution in [-0.4, -0.2) is 56.6 Å². The number of hydrogen-bond acceptors (Lipinski definition) is 6. The first-order valence-corrected chi connectivity index (χ1v) is 5.18. The number of carboxylic acid groups (broad SMARTS) is 1. The zero-order chi connectivity index (χ0) is 13.1. The van der Waals surface area contributed by atoms with Gasteiger partial charge in [0, 0.05) is 0 Å². The zero-order valence-electron chi connectivity index (χ0n) is 9.53. The molecule has 0 radical (unpaired) electrons. The Balaban J connectivity index is 1.89. The number of aliphatic carboxylic acids is 1. The number of aryl methyl sites for hydroxylation is 1. The number of tetrazole rings is 1. The second kappa shape index (κ2) is 4.96. The molecule has 1 aromatic rings. The van der Waals surface area contributed by atoms with Gasteiger partial charge in [-0.1, -0.05) is 5.10 Å². The number of amides is 2. The molecule has 98 valence electrons. The lowest BCUT2D eigenvalue weighted by Gasteiger charge is -2.14. The first-order valence-electron chi connectivity index (χ1n) is 5.18. The molecule has 0 bridgehead atoms. The Morgan fingerprint density at radius 2 is 2.28 bits per heavy atom. The van der Waals surface area contributed by atoms with Crippen molar-refractivity contribution in [2.45, 2.75) is 6.04 Å². The molecule has 1 saturated heterocycles. The minimum Gasteiger partial charge on any atom is -0.481 e. The molecule has 0 saturated carbocycles. The van der Waals surface area contributed by atoms with Crippen molar-refractivity contribution in [3.8, 4) is 0 Å². The fourth-order valence-corrected chi connectivity index (χ4v) is 1.58. The second-order valence-electron chi connectivity index (χ2n) is 3.79. The normalized spacial score (nSPS) is 22.7. The van der Waals surface area contributed by atoms with E-state index in [0.29, 0.717) is 0 Å². The number of nitrogens with zero attached hydrogens (tertiary/aromatic N) is 4. The van der Waals surface area contributed by atoms with Gasteiger partial charge in [0.25, 0.3) is 5.95 Å². The van der Waals surface area contributed by atoms with Crippen LogP contribution in [0.3, 0.4) is 0 Å². The Morgan fingerprint density at radius 1 is 1.50 bits per heavy atom. The standard InChI is InChI=1S/C8H12N6O4/c1-14-12-7(11-13-14)10-8(17)9-5-3-18-2-4(5)6(15)16/h4-5H,2-3H2,1H3,(H,15,16)(H2,9,10,12,17). The van der Waals surface area contributed by atoms with Gasteiger partial charge in [-0.05, 0) is 5.21 Å². The average Bonchev–Trinajstić information content (AvgIpc) is 2.87. The quantitative estimate of drug-likeness (QED) is 0.595. The molecule has 10 heteroatoms. The molecule has 1 aromatic heterocycles. The summed E-state index contributed by atoms with van der Waals surface area (Å²) in [5, 5.41) is 24.6. The van der Waals surface area contributed by atoms with Crippen molar-refractivity contribution in [3.63, 3.8) is 0 Å². The van der Waals surface area contributed by atoms with E-state index in [4.69, 9.17) is 9.84 Å². The largest absolute Gasteiger partial charge is 0.481 e. The monoisotopic (exact) mass is 256 g/mol. The van der Waals surface area contributed by atoms with E-state index in [2.05, 4.69) is 26.0 Å². The highest BCUT2D eigenvalue weighted by molar-refractivity contribution is 5.88. The Kier molecular flexibility index (Phi) is 3.37. The molecule has 3 N–H and O–H groups in total. The third kappa shape index (κ3) is 2.71.